The third-order valence-corrected chi connectivity index (χ3v) is 4.82. The zero-order valence-corrected chi connectivity index (χ0v) is 15.5. The van der Waals surface area contributed by atoms with Gasteiger partial charge in [-0.2, -0.15) is 13.2 Å². The van der Waals surface area contributed by atoms with Crippen LogP contribution in [-0.2, 0) is 6.18 Å². The van der Waals surface area contributed by atoms with Gasteiger partial charge in [-0.15, -0.1) is 0 Å². The van der Waals surface area contributed by atoms with Crippen molar-refractivity contribution in [2.75, 3.05) is 19.6 Å². The van der Waals surface area contributed by atoms with Gasteiger partial charge in [0, 0.05) is 31.9 Å². The van der Waals surface area contributed by atoms with Crippen LogP contribution in [0.3, 0.4) is 0 Å². The molecule has 27 heavy (non-hydrogen) atoms. The molecule has 9 heteroatoms. The summed E-state index contributed by atoms with van der Waals surface area (Å²) in [5.41, 5.74) is 0.475. The minimum Gasteiger partial charge on any atom is -0.338 e. The SMILES string of the molecule is CC(C)CCNC(=O)N1CCC(n2c(C(F)(F)F)nc3cccnc32)CC1. The maximum absolute atomic E-state index is 13.5. The number of nitrogens with one attached hydrogen (secondary N) is 1. The molecule has 1 saturated heterocycles. The van der Waals surface area contributed by atoms with E-state index in [-0.39, 0.29) is 23.2 Å². The van der Waals surface area contributed by atoms with Crippen molar-refractivity contribution in [3.05, 3.63) is 24.2 Å². The number of aromatic nitrogens is 3. The molecule has 0 unspecified atom stereocenters. The first-order valence-corrected chi connectivity index (χ1v) is 9.20. The van der Waals surface area contributed by atoms with Crippen LogP contribution < -0.4 is 5.32 Å². The second-order valence-corrected chi connectivity index (χ2v) is 7.28. The Bertz CT molecular complexity index is 794. The lowest BCUT2D eigenvalue weighted by Crippen LogP contribution is -2.45. The Morgan fingerprint density at radius 2 is 2.04 bits per heavy atom. The third kappa shape index (κ3) is 4.33. The van der Waals surface area contributed by atoms with Crippen molar-refractivity contribution in [1.82, 2.24) is 24.8 Å². The Morgan fingerprint density at radius 1 is 1.33 bits per heavy atom. The summed E-state index contributed by atoms with van der Waals surface area (Å²) in [6.07, 6.45) is -1.32. The number of carbonyl (C=O) groups excluding carboxylic acids is 1. The van der Waals surface area contributed by atoms with Gasteiger partial charge in [0.15, 0.2) is 5.65 Å². The summed E-state index contributed by atoms with van der Waals surface area (Å²) >= 11 is 0. The lowest BCUT2D eigenvalue weighted by atomic mass is 10.0. The van der Waals surface area contributed by atoms with Crippen molar-refractivity contribution < 1.29 is 18.0 Å². The summed E-state index contributed by atoms with van der Waals surface area (Å²) in [5, 5.41) is 2.87. The number of alkyl halides is 3. The minimum atomic E-state index is -4.55. The van der Waals surface area contributed by atoms with Crippen LogP contribution in [0.25, 0.3) is 11.2 Å². The zero-order chi connectivity index (χ0) is 19.6. The molecule has 1 fully saturated rings. The minimum absolute atomic E-state index is 0.154. The van der Waals surface area contributed by atoms with Crippen molar-refractivity contribution in [1.29, 1.82) is 0 Å². The van der Waals surface area contributed by atoms with E-state index < -0.39 is 12.0 Å². The van der Waals surface area contributed by atoms with Crippen LogP contribution in [0.2, 0.25) is 0 Å². The highest BCUT2D eigenvalue weighted by molar-refractivity contribution is 5.74. The van der Waals surface area contributed by atoms with Crippen molar-refractivity contribution >= 4 is 17.2 Å². The highest BCUT2D eigenvalue weighted by Gasteiger charge is 2.40. The summed E-state index contributed by atoms with van der Waals surface area (Å²) in [4.78, 5) is 21.7. The molecule has 1 aliphatic heterocycles. The van der Waals surface area contributed by atoms with Crippen molar-refractivity contribution in [2.45, 2.75) is 45.3 Å². The van der Waals surface area contributed by atoms with Gasteiger partial charge in [-0.1, -0.05) is 13.8 Å². The van der Waals surface area contributed by atoms with Gasteiger partial charge in [-0.25, -0.2) is 14.8 Å². The molecule has 1 aliphatic rings. The van der Waals surface area contributed by atoms with Crippen molar-refractivity contribution in [2.24, 2.45) is 5.92 Å². The topological polar surface area (TPSA) is 63.1 Å². The molecule has 1 N–H and O–H groups in total. The number of likely N-dealkylation sites (tertiary alicyclic amines) is 1. The Kier molecular flexibility index (Phi) is 5.57. The van der Waals surface area contributed by atoms with Gasteiger partial charge < -0.3 is 14.8 Å². The monoisotopic (exact) mass is 383 g/mol. The summed E-state index contributed by atoms with van der Waals surface area (Å²) in [6.45, 7) is 5.58. The number of hydrogen-bond acceptors (Lipinski definition) is 3. The van der Waals surface area contributed by atoms with Gasteiger partial charge in [0.1, 0.15) is 5.52 Å². The molecule has 0 radical (unpaired) electrons. The normalized spacial score (nSPS) is 16.3. The second-order valence-electron chi connectivity index (χ2n) is 7.28. The molecule has 0 aromatic carbocycles. The first-order valence-electron chi connectivity index (χ1n) is 9.20. The molecule has 0 spiro atoms. The molecule has 0 aliphatic carbocycles. The number of amides is 2. The van der Waals surface area contributed by atoms with E-state index in [1.807, 2.05) is 0 Å². The van der Waals surface area contributed by atoms with Gasteiger partial charge in [-0.05, 0) is 37.3 Å². The number of piperidine rings is 1. The summed E-state index contributed by atoms with van der Waals surface area (Å²) in [6, 6.07) is 2.56. The van der Waals surface area contributed by atoms with Gasteiger partial charge in [0.2, 0.25) is 5.82 Å². The summed E-state index contributed by atoms with van der Waals surface area (Å²) in [7, 11) is 0. The predicted molar refractivity (Wildman–Crippen MR) is 95.2 cm³/mol. The van der Waals surface area contributed by atoms with Gasteiger partial charge in [0.25, 0.3) is 0 Å². The highest BCUT2D eigenvalue weighted by Crippen LogP contribution is 2.36. The Hall–Kier alpha value is -2.32. The number of rotatable bonds is 4. The fourth-order valence-corrected chi connectivity index (χ4v) is 3.38. The van der Waals surface area contributed by atoms with E-state index in [4.69, 9.17) is 0 Å². The smallest absolute Gasteiger partial charge is 0.338 e. The number of hydrogen-bond donors (Lipinski definition) is 1. The molecule has 3 rings (SSSR count). The van der Waals surface area contributed by atoms with E-state index >= 15 is 0 Å². The standard InChI is InChI=1S/C18H24F3N5O/c1-12(2)5-9-23-17(27)25-10-6-13(7-11-25)26-15-14(4-3-8-22-15)24-16(26)18(19,20)21/h3-4,8,12-13H,5-7,9-11H2,1-2H3,(H,23,27). The number of halogens is 3. The van der Waals surface area contributed by atoms with E-state index in [1.165, 1.54) is 16.8 Å². The molecule has 148 valence electrons. The number of urea groups is 1. The summed E-state index contributed by atoms with van der Waals surface area (Å²) < 4.78 is 41.6. The van der Waals surface area contributed by atoms with E-state index in [0.717, 1.165) is 6.42 Å². The van der Waals surface area contributed by atoms with Gasteiger partial charge in [0.05, 0.1) is 0 Å². The maximum atomic E-state index is 13.5. The molecule has 0 bridgehead atoms. The first-order chi connectivity index (χ1) is 12.8. The number of pyridine rings is 1. The fraction of sp³-hybridized carbons (Fsp3) is 0.611. The molecule has 0 saturated carbocycles. The fourth-order valence-electron chi connectivity index (χ4n) is 3.38. The molecular weight excluding hydrogens is 359 g/mol. The van der Waals surface area contributed by atoms with Crippen molar-refractivity contribution in [3.63, 3.8) is 0 Å². The van der Waals surface area contributed by atoms with Crippen LogP contribution in [-0.4, -0.2) is 45.1 Å². The average molecular weight is 383 g/mol. The van der Waals surface area contributed by atoms with Crippen LogP contribution in [0.15, 0.2) is 18.3 Å². The Morgan fingerprint density at radius 3 is 2.67 bits per heavy atom. The lowest BCUT2D eigenvalue weighted by molar-refractivity contribution is -0.147. The lowest BCUT2D eigenvalue weighted by Gasteiger charge is -2.33. The zero-order valence-electron chi connectivity index (χ0n) is 15.5. The Labute approximate surface area is 155 Å². The first kappa shape index (κ1) is 19.4. The predicted octanol–water partition coefficient (Wildman–Crippen LogP) is 3.84. The number of nitrogens with zero attached hydrogens (tertiary/aromatic N) is 4. The number of imidazole rings is 1. The number of fused-ring (bicyclic) bond motifs is 1. The third-order valence-electron chi connectivity index (χ3n) is 4.82. The van der Waals surface area contributed by atoms with Crippen LogP contribution in [0.5, 0.6) is 0 Å². The number of carbonyl (C=O) groups is 1. The van der Waals surface area contributed by atoms with E-state index in [2.05, 4.69) is 29.1 Å². The summed E-state index contributed by atoms with van der Waals surface area (Å²) in [5.74, 6) is -0.421. The maximum Gasteiger partial charge on any atom is 0.449 e. The molecule has 2 aromatic heterocycles. The van der Waals surface area contributed by atoms with Gasteiger partial charge >= 0.3 is 12.2 Å². The van der Waals surface area contributed by atoms with Crippen LogP contribution in [0.1, 0.15) is 45.0 Å². The molecule has 3 heterocycles. The molecule has 6 nitrogen and oxygen atoms in total. The van der Waals surface area contributed by atoms with Crippen LogP contribution >= 0.6 is 0 Å². The molecule has 2 amide bonds. The average Bonchev–Trinajstić information content (AvgIpc) is 3.01. The Balaban J connectivity index is 1.72. The molecule has 0 atom stereocenters. The van der Waals surface area contributed by atoms with E-state index in [1.54, 1.807) is 11.0 Å². The molecular formula is C18H24F3N5O. The second kappa shape index (κ2) is 7.74. The van der Waals surface area contributed by atoms with E-state index in [9.17, 15) is 18.0 Å². The largest absolute Gasteiger partial charge is 0.449 e. The quantitative estimate of drug-likeness (QED) is 0.873. The van der Waals surface area contributed by atoms with Crippen LogP contribution in [0.4, 0.5) is 18.0 Å². The van der Waals surface area contributed by atoms with Crippen LogP contribution in [0, 0.1) is 5.92 Å². The molecule has 2 aromatic rings. The highest BCUT2D eigenvalue weighted by atomic mass is 19.4. The van der Waals surface area contributed by atoms with Gasteiger partial charge in [-0.3, -0.25) is 0 Å². The van der Waals surface area contributed by atoms with Crippen molar-refractivity contribution in [3.8, 4) is 0 Å². The van der Waals surface area contributed by atoms with E-state index in [0.29, 0.717) is 38.4 Å².